The highest BCUT2D eigenvalue weighted by Crippen LogP contribution is 2.23. The molecule has 0 aliphatic carbocycles. The van der Waals surface area contributed by atoms with Crippen LogP contribution in [0.15, 0.2) is 35.3 Å². The summed E-state index contributed by atoms with van der Waals surface area (Å²) >= 11 is 3.34. The van der Waals surface area contributed by atoms with E-state index in [0.29, 0.717) is 38.0 Å². The van der Waals surface area contributed by atoms with E-state index in [1.807, 2.05) is 0 Å². The Bertz CT molecular complexity index is 673. The van der Waals surface area contributed by atoms with Crippen molar-refractivity contribution in [3.8, 4) is 0 Å². The fraction of sp³-hybridized carbons (Fsp3) is 0.474. The van der Waals surface area contributed by atoms with E-state index in [9.17, 15) is 14.0 Å². The zero-order valence-electron chi connectivity index (χ0n) is 15.3. The Labute approximate surface area is 162 Å². The molecule has 1 aromatic carbocycles. The summed E-state index contributed by atoms with van der Waals surface area (Å²) in [6, 6.07) is 4.68. The minimum atomic E-state index is -0.332. The van der Waals surface area contributed by atoms with Gasteiger partial charge in [0, 0.05) is 56.2 Å². The number of nitrogens with zero attached hydrogens (tertiary/aromatic N) is 3. The van der Waals surface area contributed by atoms with Gasteiger partial charge in [0.15, 0.2) is 0 Å². The highest BCUT2D eigenvalue weighted by atomic mass is 79.9. The number of hydrogen-bond donors (Lipinski definition) is 0. The molecule has 0 unspecified atom stereocenters. The zero-order valence-corrected chi connectivity index (χ0v) is 16.8. The summed E-state index contributed by atoms with van der Waals surface area (Å²) in [5.74, 6) is -0.501. The van der Waals surface area contributed by atoms with E-state index in [0.717, 1.165) is 4.47 Å². The Morgan fingerprint density at radius 2 is 2.00 bits per heavy atom. The normalized spacial score (nSPS) is 14.8. The molecule has 0 atom stereocenters. The number of amides is 3. The highest BCUT2D eigenvalue weighted by molar-refractivity contribution is 9.10. The molecule has 5 nitrogen and oxygen atoms in total. The predicted molar refractivity (Wildman–Crippen MR) is 103 cm³/mol. The molecule has 7 heteroatoms. The fourth-order valence-corrected chi connectivity index (χ4v) is 3.53. The monoisotopic (exact) mass is 425 g/mol. The first-order valence-electron chi connectivity index (χ1n) is 8.63. The van der Waals surface area contributed by atoms with Crippen LogP contribution in [0.5, 0.6) is 0 Å². The quantitative estimate of drug-likeness (QED) is 0.677. The van der Waals surface area contributed by atoms with Crippen molar-refractivity contribution >= 4 is 27.9 Å². The maximum absolute atomic E-state index is 14.1. The molecule has 2 rings (SSSR count). The molecule has 0 bridgehead atoms. The predicted octanol–water partition coefficient (Wildman–Crippen LogP) is 3.50. The van der Waals surface area contributed by atoms with E-state index in [1.165, 1.54) is 6.07 Å². The molecule has 0 radical (unpaired) electrons. The van der Waals surface area contributed by atoms with Gasteiger partial charge in [-0.15, -0.1) is 6.58 Å². The van der Waals surface area contributed by atoms with Crippen LogP contribution in [0, 0.1) is 11.7 Å². The van der Waals surface area contributed by atoms with Crippen LogP contribution in [-0.4, -0.2) is 60.4 Å². The average molecular weight is 426 g/mol. The second-order valence-corrected chi connectivity index (χ2v) is 7.60. The Morgan fingerprint density at radius 1 is 1.35 bits per heavy atom. The van der Waals surface area contributed by atoms with Gasteiger partial charge in [-0.2, -0.15) is 0 Å². The lowest BCUT2D eigenvalue weighted by molar-refractivity contribution is -0.137. The summed E-state index contributed by atoms with van der Waals surface area (Å²) < 4.78 is 14.8. The number of carbonyl (C=O) groups excluding carboxylic acids is 2. The molecule has 0 aromatic heterocycles. The van der Waals surface area contributed by atoms with Gasteiger partial charge in [0.2, 0.25) is 5.91 Å². The number of likely N-dealkylation sites (tertiary alicyclic amines) is 1. The molecule has 0 spiro atoms. The molecule has 1 aromatic rings. The van der Waals surface area contributed by atoms with Gasteiger partial charge in [-0.25, -0.2) is 9.18 Å². The Morgan fingerprint density at radius 3 is 2.58 bits per heavy atom. The Balaban J connectivity index is 2.04. The number of piperidine rings is 1. The Hall–Kier alpha value is -1.89. The second kappa shape index (κ2) is 9.16. The van der Waals surface area contributed by atoms with Gasteiger partial charge in [-0.1, -0.05) is 22.0 Å². The van der Waals surface area contributed by atoms with Crippen molar-refractivity contribution in [2.75, 3.05) is 33.7 Å². The highest BCUT2D eigenvalue weighted by Gasteiger charge is 2.30. The second-order valence-electron chi connectivity index (χ2n) is 6.68. The molecule has 1 aliphatic heterocycles. The summed E-state index contributed by atoms with van der Waals surface area (Å²) in [6.07, 6.45) is 2.89. The lowest BCUT2D eigenvalue weighted by Crippen LogP contribution is -2.47. The van der Waals surface area contributed by atoms with Crippen molar-refractivity contribution in [3.63, 3.8) is 0 Å². The largest absolute Gasteiger partial charge is 0.334 e. The third kappa shape index (κ3) is 5.06. The SMILES string of the molecule is C=CCN(Cc1cc(Br)ccc1F)C(=O)C1CCN(C(=O)N(C)C)CC1. The molecule has 3 amide bonds. The number of carbonyl (C=O) groups is 2. The summed E-state index contributed by atoms with van der Waals surface area (Å²) in [7, 11) is 3.44. The molecule has 26 heavy (non-hydrogen) atoms. The number of halogens is 2. The number of urea groups is 1. The van der Waals surface area contributed by atoms with Crippen LogP contribution in [0.4, 0.5) is 9.18 Å². The third-order valence-corrected chi connectivity index (χ3v) is 5.02. The van der Waals surface area contributed by atoms with Gasteiger partial charge in [-0.3, -0.25) is 4.79 Å². The minimum absolute atomic E-state index is 0.0128. The van der Waals surface area contributed by atoms with Crippen molar-refractivity contribution in [2.45, 2.75) is 19.4 Å². The van der Waals surface area contributed by atoms with Gasteiger partial charge in [0.05, 0.1) is 0 Å². The van der Waals surface area contributed by atoms with Crippen LogP contribution >= 0.6 is 15.9 Å². The fourth-order valence-electron chi connectivity index (χ4n) is 3.12. The van der Waals surface area contributed by atoms with Gasteiger partial charge >= 0.3 is 6.03 Å². The number of benzene rings is 1. The number of rotatable bonds is 5. The summed E-state index contributed by atoms with van der Waals surface area (Å²) in [6.45, 7) is 5.39. The van der Waals surface area contributed by atoms with Crippen molar-refractivity contribution in [3.05, 3.63) is 46.7 Å². The van der Waals surface area contributed by atoms with Gasteiger partial charge < -0.3 is 14.7 Å². The van der Waals surface area contributed by atoms with Gasteiger partial charge in [0.25, 0.3) is 0 Å². The van der Waals surface area contributed by atoms with E-state index in [2.05, 4.69) is 22.5 Å². The van der Waals surface area contributed by atoms with Crippen molar-refractivity contribution in [1.29, 1.82) is 0 Å². The van der Waals surface area contributed by atoms with Crippen molar-refractivity contribution in [2.24, 2.45) is 5.92 Å². The van der Waals surface area contributed by atoms with Crippen LogP contribution in [-0.2, 0) is 11.3 Å². The van der Waals surface area contributed by atoms with E-state index >= 15 is 0 Å². The Kier molecular flexibility index (Phi) is 7.20. The molecule has 1 saturated heterocycles. The first kappa shape index (κ1) is 20.4. The molecule has 0 saturated carbocycles. The summed E-state index contributed by atoms with van der Waals surface area (Å²) in [5, 5.41) is 0. The molecule has 1 aliphatic rings. The van der Waals surface area contributed by atoms with Crippen LogP contribution in [0.25, 0.3) is 0 Å². The molecule has 1 fully saturated rings. The maximum atomic E-state index is 14.1. The third-order valence-electron chi connectivity index (χ3n) is 4.53. The molecule has 142 valence electrons. The lowest BCUT2D eigenvalue weighted by atomic mass is 9.95. The smallest absolute Gasteiger partial charge is 0.319 e. The van der Waals surface area contributed by atoms with Crippen LogP contribution in [0.1, 0.15) is 18.4 Å². The first-order chi connectivity index (χ1) is 12.3. The maximum Gasteiger partial charge on any atom is 0.319 e. The van der Waals surface area contributed by atoms with Gasteiger partial charge in [0.1, 0.15) is 5.82 Å². The van der Waals surface area contributed by atoms with Crippen LogP contribution in [0.3, 0.4) is 0 Å². The topological polar surface area (TPSA) is 43.9 Å². The molecule has 0 N–H and O–H groups in total. The van der Waals surface area contributed by atoms with Crippen molar-refractivity contribution < 1.29 is 14.0 Å². The van der Waals surface area contributed by atoms with Crippen LogP contribution < -0.4 is 0 Å². The first-order valence-corrected chi connectivity index (χ1v) is 9.42. The standard InChI is InChI=1S/C19H25BrFN3O2/c1-4-9-24(13-15-12-16(20)5-6-17(15)21)18(25)14-7-10-23(11-8-14)19(26)22(2)3/h4-6,12,14H,1,7-11,13H2,2-3H3. The molecular formula is C19H25BrFN3O2. The van der Waals surface area contributed by atoms with E-state index in [1.54, 1.807) is 47.0 Å². The van der Waals surface area contributed by atoms with Crippen LogP contribution in [0.2, 0.25) is 0 Å². The van der Waals surface area contributed by atoms with E-state index in [-0.39, 0.29) is 30.2 Å². The lowest BCUT2D eigenvalue weighted by Gasteiger charge is -2.35. The minimum Gasteiger partial charge on any atom is -0.334 e. The average Bonchev–Trinajstić information content (AvgIpc) is 2.63. The molecular weight excluding hydrogens is 401 g/mol. The van der Waals surface area contributed by atoms with E-state index < -0.39 is 0 Å². The summed E-state index contributed by atoms with van der Waals surface area (Å²) in [5.41, 5.74) is 0.467. The summed E-state index contributed by atoms with van der Waals surface area (Å²) in [4.78, 5) is 29.9. The van der Waals surface area contributed by atoms with Gasteiger partial charge in [-0.05, 0) is 31.0 Å². The van der Waals surface area contributed by atoms with Crippen molar-refractivity contribution in [1.82, 2.24) is 14.7 Å². The van der Waals surface area contributed by atoms with E-state index in [4.69, 9.17) is 0 Å². The zero-order chi connectivity index (χ0) is 19.3. The molecule has 1 heterocycles. The number of hydrogen-bond acceptors (Lipinski definition) is 2.